The van der Waals surface area contributed by atoms with Crippen LogP contribution in [0.3, 0.4) is 0 Å². The van der Waals surface area contributed by atoms with Crippen LogP contribution < -0.4 is 10.6 Å². The van der Waals surface area contributed by atoms with Crippen molar-refractivity contribution in [3.05, 3.63) is 0 Å². The number of nitrogens with one attached hydrogen (secondary N) is 2. The number of carbonyl (C=O) groups excluding carboxylic acids is 2. The highest BCUT2D eigenvalue weighted by Crippen LogP contribution is 2.07. The van der Waals surface area contributed by atoms with E-state index in [0.29, 0.717) is 0 Å². The minimum atomic E-state index is -0.995. The molecule has 0 aromatic rings. The number of ether oxygens (including phenoxy) is 1. The molecule has 98 valence electrons. The minimum Gasteiger partial charge on any atom is -0.481 e. The van der Waals surface area contributed by atoms with Gasteiger partial charge < -0.3 is 20.5 Å². The summed E-state index contributed by atoms with van der Waals surface area (Å²) in [5.74, 6) is -1.42. The first kappa shape index (κ1) is 15.2. The number of esters is 1. The normalized spacial score (nSPS) is 10.5. The Morgan fingerprint density at radius 2 is 1.88 bits per heavy atom. The first-order valence-corrected chi connectivity index (χ1v) is 5.11. The van der Waals surface area contributed by atoms with E-state index in [9.17, 15) is 14.4 Å². The Hall–Kier alpha value is -1.79. The van der Waals surface area contributed by atoms with E-state index in [4.69, 9.17) is 5.11 Å². The fourth-order valence-corrected chi connectivity index (χ4v) is 1.15. The molecule has 0 saturated carbocycles. The molecule has 17 heavy (non-hydrogen) atoms. The van der Waals surface area contributed by atoms with Crippen molar-refractivity contribution in [2.24, 2.45) is 0 Å². The molecular weight excluding hydrogens is 228 g/mol. The summed E-state index contributed by atoms with van der Waals surface area (Å²) in [6.07, 6.45) is -0.110. The number of rotatable bonds is 6. The second kappa shape index (κ2) is 6.72. The summed E-state index contributed by atoms with van der Waals surface area (Å²) in [4.78, 5) is 32.6. The lowest BCUT2D eigenvalue weighted by atomic mass is 10.0. The Kier molecular flexibility index (Phi) is 6.01. The first-order valence-electron chi connectivity index (χ1n) is 5.11. The average Bonchev–Trinajstić information content (AvgIpc) is 2.14. The van der Waals surface area contributed by atoms with E-state index in [-0.39, 0.29) is 19.4 Å². The number of aliphatic carboxylic acids is 1. The van der Waals surface area contributed by atoms with E-state index in [0.717, 1.165) is 0 Å². The second-order valence-corrected chi connectivity index (χ2v) is 4.16. The Labute approximate surface area is 99.5 Å². The van der Waals surface area contributed by atoms with E-state index in [1.54, 1.807) is 13.8 Å². The molecule has 0 aliphatic carbocycles. The number of hydrogen-bond acceptors (Lipinski definition) is 4. The summed E-state index contributed by atoms with van der Waals surface area (Å²) in [6, 6.07) is -0.514. The molecule has 7 nitrogen and oxygen atoms in total. The number of amides is 2. The van der Waals surface area contributed by atoms with Gasteiger partial charge in [-0.05, 0) is 13.8 Å². The third-order valence-electron chi connectivity index (χ3n) is 1.89. The molecule has 0 atom stereocenters. The SMILES string of the molecule is COC(=O)CCNC(=O)NC(C)(C)CC(=O)O. The molecule has 0 saturated heterocycles. The Morgan fingerprint density at radius 3 is 2.35 bits per heavy atom. The van der Waals surface area contributed by atoms with Gasteiger partial charge in [0, 0.05) is 12.1 Å². The maximum atomic E-state index is 11.3. The van der Waals surface area contributed by atoms with Crippen molar-refractivity contribution in [2.75, 3.05) is 13.7 Å². The van der Waals surface area contributed by atoms with E-state index in [2.05, 4.69) is 15.4 Å². The molecule has 0 aromatic carbocycles. The number of hydrogen-bond donors (Lipinski definition) is 3. The van der Waals surface area contributed by atoms with Gasteiger partial charge in [-0.3, -0.25) is 9.59 Å². The topological polar surface area (TPSA) is 105 Å². The summed E-state index contributed by atoms with van der Waals surface area (Å²) in [5.41, 5.74) is -0.846. The lowest BCUT2D eigenvalue weighted by Crippen LogP contribution is -2.49. The summed E-state index contributed by atoms with van der Waals surface area (Å²) < 4.78 is 4.40. The molecular formula is C10H18N2O5. The molecule has 0 aliphatic heterocycles. The Morgan fingerprint density at radius 1 is 1.29 bits per heavy atom. The number of urea groups is 1. The summed E-state index contributed by atoms with van der Waals surface area (Å²) >= 11 is 0. The number of carboxylic acids is 1. The Balaban J connectivity index is 3.93. The van der Waals surface area contributed by atoms with E-state index in [1.807, 2.05) is 0 Å². The van der Waals surface area contributed by atoms with Crippen LogP contribution in [-0.2, 0) is 14.3 Å². The molecule has 0 radical (unpaired) electrons. The van der Waals surface area contributed by atoms with Crippen LogP contribution >= 0.6 is 0 Å². The zero-order valence-electron chi connectivity index (χ0n) is 10.2. The van der Waals surface area contributed by atoms with Crippen LogP contribution in [0, 0.1) is 0 Å². The molecule has 0 aliphatic rings. The predicted octanol–water partition coefficient (Wildman–Crippen LogP) is 0.102. The monoisotopic (exact) mass is 246 g/mol. The van der Waals surface area contributed by atoms with Gasteiger partial charge in [0.25, 0.3) is 0 Å². The van der Waals surface area contributed by atoms with Gasteiger partial charge in [-0.15, -0.1) is 0 Å². The largest absolute Gasteiger partial charge is 0.481 e. The lowest BCUT2D eigenvalue weighted by Gasteiger charge is -2.24. The van der Waals surface area contributed by atoms with Gasteiger partial charge in [-0.25, -0.2) is 4.79 Å². The van der Waals surface area contributed by atoms with Crippen molar-refractivity contribution < 1.29 is 24.2 Å². The van der Waals surface area contributed by atoms with Crippen LogP contribution in [0.5, 0.6) is 0 Å². The van der Waals surface area contributed by atoms with Crippen molar-refractivity contribution >= 4 is 18.0 Å². The molecule has 0 bridgehead atoms. The zero-order valence-corrected chi connectivity index (χ0v) is 10.2. The molecule has 0 fully saturated rings. The highest BCUT2D eigenvalue weighted by Gasteiger charge is 2.23. The third kappa shape index (κ3) is 8.06. The van der Waals surface area contributed by atoms with Crippen LogP contribution in [0.4, 0.5) is 4.79 Å². The molecule has 0 unspecified atom stereocenters. The van der Waals surface area contributed by atoms with Crippen molar-refractivity contribution in [1.82, 2.24) is 10.6 Å². The fourth-order valence-electron chi connectivity index (χ4n) is 1.15. The van der Waals surface area contributed by atoms with Gasteiger partial charge in [-0.2, -0.15) is 0 Å². The van der Waals surface area contributed by atoms with Crippen LogP contribution in [0.2, 0.25) is 0 Å². The predicted molar refractivity (Wildman–Crippen MR) is 59.5 cm³/mol. The molecule has 0 aromatic heterocycles. The van der Waals surface area contributed by atoms with Gasteiger partial charge in [0.05, 0.1) is 20.0 Å². The van der Waals surface area contributed by atoms with Crippen molar-refractivity contribution in [3.8, 4) is 0 Å². The second-order valence-electron chi connectivity index (χ2n) is 4.16. The van der Waals surface area contributed by atoms with E-state index in [1.165, 1.54) is 7.11 Å². The smallest absolute Gasteiger partial charge is 0.315 e. The summed E-state index contributed by atoms with van der Waals surface area (Å²) in [6.45, 7) is 3.34. The van der Waals surface area contributed by atoms with Gasteiger partial charge >= 0.3 is 18.0 Å². The number of methoxy groups -OCH3 is 1. The molecule has 0 spiro atoms. The molecule has 2 amide bonds. The van der Waals surface area contributed by atoms with Crippen LogP contribution in [0.1, 0.15) is 26.7 Å². The van der Waals surface area contributed by atoms with Gasteiger partial charge in [0.15, 0.2) is 0 Å². The molecule has 3 N–H and O–H groups in total. The lowest BCUT2D eigenvalue weighted by molar-refractivity contribution is -0.140. The molecule has 0 heterocycles. The van der Waals surface area contributed by atoms with Gasteiger partial charge in [0.2, 0.25) is 0 Å². The van der Waals surface area contributed by atoms with Gasteiger partial charge in [0.1, 0.15) is 0 Å². The van der Waals surface area contributed by atoms with Crippen LogP contribution in [0.15, 0.2) is 0 Å². The Bertz CT molecular complexity index is 301. The number of carbonyl (C=O) groups is 3. The van der Waals surface area contributed by atoms with Crippen molar-refractivity contribution in [3.63, 3.8) is 0 Å². The van der Waals surface area contributed by atoms with Crippen LogP contribution in [0.25, 0.3) is 0 Å². The fraction of sp³-hybridized carbons (Fsp3) is 0.700. The maximum absolute atomic E-state index is 11.3. The highest BCUT2D eigenvalue weighted by atomic mass is 16.5. The first-order chi connectivity index (χ1) is 7.76. The average molecular weight is 246 g/mol. The standard InChI is InChI=1S/C10H18N2O5/c1-10(2,6-7(13)14)12-9(16)11-5-4-8(15)17-3/h4-6H2,1-3H3,(H,13,14)(H2,11,12,16). The third-order valence-corrected chi connectivity index (χ3v) is 1.89. The van der Waals surface area contributed by atoms with E-state index < -0.39 is 23.5 Å². The highest BCUT2D eigenvalue weighted by molar-refractivity contribution is 5.77. The minimum absolute atomic E-state index is 0.0727. The van der Waals surface area contributed by atoms with Crippen molar-refractivity contribution in [1.29, 1.82) is 0 Å². The molecule has 0 rings (SSSR count). The number of carboxylic acid groups (broad SMARTS) is 1. The maximum Gasteiger partial charge on any atom is 0.315 e. The zero-order chi connectivity index (χ0) is 13.5. The van der Waals surface area contributed by atoms with E-state index >= 15 is 0 Å². The quantitative estimate of drug-likeness (QED) is 0.576. The summed E-state index contributed by atoms with van der Waals surface area (Å²) in [5, 5.41) is 13.5. The van der Waals surface area contributed by atoms with Gasteiger partial charge in [-0.1, -0.05) is 0 Å². The van der Waals surface area contributed by atoms with Crippen LogP contribution in [-0.4, -0.2) is 42.3 Å². The summed E-state index contributed by atoms with van der Waals surface area (Å²) in [7, 11) is 1.26. The van der Waals surface area contributed by atoms with Crippen molar-refractivity contribution in [2.45, 2.75) is 32.2 Å². The molecule has 7 heteroatoms.